The van der Waals surface area contributed by atoms with E-state index in [0.29, 0.717) is 22.9 Å². The van der Waals surface area contributed by atoms with E-state index in [2.05, 4.69) is 20.9 Å². The van der Waals surface area contributed by atoms with Crippen LogP contribution in [-0.2, 0) is 17.6 Å². The Morgan fingerprint density at radius 1 is 1.21 bits per heavy atom. The summed E-state index contributed by atoms with van der Waals surface area (Å²) in [5.41, 5.74) is 1.52. The molecule has 1 aromatic carbocycles. The van der Waals surface area contributed by atoms with Crippen molar-refractivity contribution in [1.29, 1.82) is 0 Å². The Balaban J connectivity index is 1.91. The summed E-state index contributed by atoms with van der Waals surface area (Å²) < 4.78 is 14.3. The number of hydrogen-bond acceptors (Lipinski definition) is 2. The molecule has 1 aromatic heterocycles. The third-order valence-electron chi connectivity index (χ3n) is 2.84. The van der Waals surface area contributed by atoms with E-state index in [4.69, 9.17) is 0 Å². The van der Waals surface area contributed by atoms with E-state index in [1.54, 1.807) is 24.5 Å². The van der Waals surface area contributed by atoms with Gasteiger partial charge < -0.3 is 0 Å². The number of carbonyl (C=O) groups is 1. The molecule has 0 atom stereocenters. The molecule has 0 bridgehead atoms. The molecule has 2 aromatic rings. The topological polar surface area (TPSA) is 30.0 Å². The highest BCUT2D eigenvalue weighted by Gasteiger charge is 2.09. The van der Waals surface area contributed by atoms with Crippen LogP contribution in [0.1, 0.15) is 17.5 Å². The lowest BCUT2D eigenvalue weighted by Gasteiger charge is -2.04. The fourth-order valence-electron chi connectivity index (χ4n) is 1.80. The molecular weight excluding hydrogens is 309 g/mol. The molecule has 4 heteroatoms. The normalized spacial score (nSPS) is 10.4. The molecule has 0 unspecified atom stereocenters. The number of carbonyl (C=O) groups excluding carboxylic acids is 1. The van der Waals surface area contributed by atoms with Crippen LogP contribution in [0.25, 0.3) is 0 Å². The van der Waals surface area contributed by atoms with Crippen molar-refractivity contribution in [2.45, 2.75) is 19.3 Å². The molecular formula is C15H13BrFNO. The smallest absolute Gasteiger partial charge is 0.137 e. The number of Topliss-reactive ketones (excluding diaryl/α,β-unsaturated/α-hetero) is 1. The molecule has 19 heavy (non-hydrogen) atoms. The number of aromatic nitrogens is 1. The van der Waals surface area contributed by atoms with Crippen LogP contribution in [0.4, 0.5) is 4.39 Å². The van der Waals surface area contributed by atoms with Gasteiger partial charge in [-0.3, -0.25) is 9.78 Å². The van der Waals surface area contributed by atoms with Crippen molar-refractivity contribution in [2.75, 3.05) is 0 Å². The van der Waals surface area contributed by atoms with Crippen molar-refractivity contribution in [1.82, 2.24) is 4.98 Å². The summed E-state index contributed by atoms with van der Waals surface area (Å²) in [7, 11) is 0. The van der Waals surface area contributed by atoms with Gasteiger partial charge in [0.05, 0.1) is 0 Å². The van der Waals surface area contributed by atoms with Crippen LogP contribution in [0, 0.1) is 5.82 Å². The number of hydrogen-bond donors (Lipinski definition) is 0. The van der Waals surface area contributed by atoms with Crippen molar-refractivity contribution in [3.8, 4) is 0 Å². The molecule has 0 saturated carbocycles. The molecule has 0 radical (unpaired) electrons. The Labute approximate surface area is 119 Å². The van der Waals surface area contributed by atoms with Crippen molar-refractivity contribution < 1.29 is 9.18 Å². The lowest BCUT2D eigenvalue weighted by molar-refractivity contribution is -0.118. The van der Waals surface area contributed by atoms with Gasteiger partial charge in [-0.1, -0.05) is 22.0 Å². The number of ketones is 1. The summed E-state index contributed by atoms with van der Waals surface area (Å²) >= 11 is 3.19. The molecule has 2 rings (SSSR count). The minimum Gasteiger partial charge on any atom is -0.299 e. The minimum atomic E-state index is -0.341. The summed E-state index contributed by atoms with van der Waals surface area (Å²) in [6.45, 7) is 0. The fraction of sp³-hybridized carbons (Fsp3) is 0.200. The van der Waals surface area contributed by atoms with Crippen molar-refractivity contribution in [3.63, 3.8) is 0 Å². The summed E-state index contributed by atoms with van der Waals surface area (Å²) in [5.74, 6) is -0.301. The van der Waals surface area contributed by atoms with Crippen LogP contribution in [0.15, 0.2) is 47.2 Å². The average Bonchev–Trinajstić information content (AvgIpc) is 2.41. The van der Waals surface area contributed by atoms with E-state index in [-0.39, 0.29) is 18.0 Å². The van der Waals surface area contributed by atoms with E-state index in [9.17, 15) is 9.18 Å². The van der Waals surface area contributed by atoms with Gasteiger partial charge in [0.2, 0.25) is 0 Å². The molecule has 98 valence electrons. The third-order valence-corrected chi connectivity index (χ3v) is 3.34. The molecule has 0 saturated heterocycles. The molecule has 0 amide bonds. The minimum absolute atomic E-state index is 0.0398. The van der Waals surface area contributed by atoms with Crippen molar-refractivity contribution >= 4 is 21.7 Å². The van der Waals surface area contributed by atoms with Gasteiger partial charge >= 0.3 is 0 Å². The van der Waals surface area contributed by atoms with Crippen LogP contribution in [0.3, 0.4) is 0 Å². The van der Waals surface area contributed by atoms with E-state index in [0.717, 1.165) is 5.56 Å². The Hall–Kier alpha value is -1.55. The Morgan fingerprint density at radius 3 is 2.63 bits per heavy atom. The zero-order valence-electron chi connectivity index (χ0n) is 10.3. The van der Waals surface area contributed by atoms with Crippen LogP contribution in [0.5, 0.6) is 0 Å². The number of rotatable bonds is 5. The molecule has 0 fully saturated rings. The van der Waals surface area contributed by atoms with Gasteiger partial charge in [0, 0.05) is 29.7 Å². The second-order valence-electron chi connectivity index (χ2n) is 4.31. The van der Waals surface area contributed by atoms with E-state index in [1.165, 1.54) is 6.07 Å². The maximum atomic E-state index is 13.6. The van der Waals surface area contributed by atoms with Crippen LogP contribution in [-0.4, -0.2) is 10.8 Å². The quantitative estimate of drug-likeness (QED) is 0.840. The summed E-state index contributed by atoms with van der Waals surface area (Å²) in [5, 5.41) is 0. The number of benzene rings is 1. The van der Waals surface area contributed by atoms with Crippen LogP contribution in [0.2, 0.25) is 0 Å². The predicted octanol–water partition coefficient (Wildman–Crippen LogP) is 3.73. The molecule has 0 spiro atoms. The third kappa shape index (κ3) is 4.24. The molecule has 0 aliphatic rings. The summed E-state index contributed by atoms with van der Waals surface area (Å²) in [4.78, 5) is 15.8. The molecule has 0 N–H and O–H groups in total. The van der Waals surface area contributed by atoms with Gasteiger partial charge in [-0.2, -0.15) is 0 Å². The maximum Gasteiger partial charge on any atom is 0.137 e. The van der Waals surface area contributed by atoms with Gasteiger partial charge in [0.25, 0.3) is 0 Å². The fourth-order valence-corrected chi connectivity index (χ4v) is 2.13. The first-order valence-electron chi connectivity index (χ1n) is 5.99. The summed E-state index contributed by atoms with van der Waals surface area (Å²) in [6.07, 6.45) is 4.63. The number of aryl methyl sites for hydroxylation is 1. The highest BCUT2D eigenvalue weighted by atomic mass is 79.9. The summed E-state index contributed by atoms with van der Waals surface area (Å²) in [6, 6.07) is 8.53. The Kier molecular flexibility index (Phi) is 4.80. The molecule has 0 aliphatic heterocycles. The SMILES string of the molecule is O=C(CCc1ccncc1)Cc1ccc(Br)cc1F. The van der Waals surface area contributed by atoms with Gasteiger partial charge in [0.15, 0.2) is 0 Å². The lowest BCUT2D eigenvalue weighted by atomic mass is 10.0. The largest absolute Gasteiger partial charge is 0.299 e. The van der Waals surface area contributed by atoms with Crippen LogP contribution < -0.4 is 0 Å². The average molecular weight is 322 g/mol. The standard InChI is InChI=1S/C15H13BrFNO/c16-13-3-2-12(15(17)10-13)9-14(19)4-1-11-5-7-18-8-6-11/h2-3,5-8,10H,1,4,9H2. The Morgan fingerprint density at radius 2 is 1.95 bits per heavy atom. The van der Waals surface area contributed by atoms with E-state index in [1.807, 2.05) is 12.1 Å². The van der Waals surface area contributed by atoms with Crippen LogP contribution >= 0.6 is 15.9 Å². The molecule has 1 heterocycles. The second-order valence-corrected chi connectivity index (χ2v) is 5.22. The zero-order chi connectivity index (χ0) is 13.7. The second kappa shape index (κ2) is 6.57. The first-order valence-corrected chi connectivity index (χ1v) is 6.79. The van der Waals surface area contributed by atoms with Gasteiger partial charge in [-0.15, -0.1) is 0 Å². The predicted molar refractivity (Wildman–Crippen MR) is 75.4 cm³/mol. The number of nitrogens with zero attached hydrogens (tertiary/aromatic N) is 1. The molecule has 0 aliphatic carbocycles. The first kappa shape index (κ1) is 13.9. The number of pyridine rings is 1. The van der Waals surface area contributed by atoms with E-state index < -0.39 is 0 Å². The number of halogens is 2. The van der Waals surface area contributed by atoms with Gasteiger partial charge in [-0.05, 0) is 41.8 Å². The monoisotopic (exact) mass is 321 g/mol. The van der Waals surface area contributed by atoms with Crippen molar-refractivity contribution in [3.05, 3.63) is 64.1 Å². The van der Waals surface area contributed by atoms with Gasteiger partial charge in [-0.25, -0.2) is 4.39 Å². The Bertz CT molecular complexity index is 572. The first-order chi connectivity index (χ1) is 9.15. The lowest BCUT2D eigenvalue weighted by Crippen LogP contribution is -2.06. The highest BCUT2D eigenvalue weighted by molar-refractivity contribution is 9.10. The van der Waals surface area contributed by atoms with Gasteiger partial charge in [0.1, 0.15) is 11.6 Å². The maximum absolute atomic E-state index is 13.6. The van der Waals surface area contributed by atoms with E-state index >= 15 is 0 Å². The highest BCUT2D eigenvalue weighted by Crippen LogP contribution is 2.16. The molecule has 2 nitrogen and oxygen atoms in total. The van der Waals surface area contributed by atoms with Crippen molar-refractivity contribution in [2.24, 2.45) is 0 Å². The zero-order valence-corrected chi connectivity index (χ0v) is 11.9.